The lowest BCUT2D eigenvalue weighted by Crippen LogP contribution is -2.21. The van der Waals surface area contributed by atoms with Crippen LogP contribution in [0, 0.1) is 19.7 Å². The molecule has 1 N–H and O–H groups in total. The second-order valence-corrected chi connectivity index (χ2v) is 6.44. The highest BCUT2D eigenvalue weighted by atomic mass is 32.2. The van der Waals surface area contributed by atoms with Gasteiger partial charge < -0.3 is 5.32 Å². The van der Waals surface area contributed by atoms with E-state index in [1.807, 2.05) is 37.0 Å². The molecule has 1 atom stereocenters. The van der Waals surface area contributed by atoms with Gasteiger partial charge in [0.25, 0.3) is 0 Å². The summed E-state index contributed by atoms with van der Waals surface area (Å²) >= 11 is 1.43. The maximum absolute atomic E-state index is 13.8. The molecule has 0 saturated heterocycles. The van der Waals surface area contributed by atoms with Gasteiger partial charge in [-0.2, -0.15) is 5.10 Å². The van der Waals surface area contributed by atoms with E-state index in [4.69, 9.17) is 0 Å². The fourth-order valence-corrected chi connectivity index (χ4v) is 3.12. The van der Waals surface area contributed by atoms with Crippen molar-refractivity contribution < 1.29 is 4.39 Å². The Labute approximate surface area is 136 Å². The van der Waals surface area contributed by atoms with Gasteiger partial charge in [-0.1, -0.05) is 6.07 Å². The fourth-order valence-electron chi connectivity index (χ4n) is 2.66. The maximum Gasteiger partial charge on any atom is 0.137 e. The van der Waals surface area contributed by atoms with Crippen molar-refractivity contribution in [2.45, 2.75) is 38.1 Å². The third-order valence-electron chi connectivity index (χ3n) is 4.16. The summed E-state index contributed by atoms with van der Waals surface area (Å²) in [4.78, 5) is 0.692. The molecule has 0 spiro atoms. The molecule has 0 aliphatic heterocycles. The van der Waals surface area contributed by atoms with E-state index in [-0.39, 0.29) is 11.9 Å². The first-order valence-corrected chi connectivity index (χ1v) is 8.72. The van der Waals surface area contributed by atoms with Crippen LogP contribution < -0.4 is 5.32 Å². The van der Waals surface area contributed by atoms with Crippen LogP contribution in [0.4, 0.5) is 4.39 Å². The molecule has 0 aliphatic carbocycles. The average molecular weight is 321 g/mol. The van der Waals surface area contributed by atoms with Gasteiger partial charge in [0.05, 0.1) is 5.69 Å². The van der Waals surface area contributed by atoms with Gasteiger partial charge in [-0.15, -0.1) is 11.8 Å². The first-order chi connectivity index (χ1) is 10.4. The normalized spacial score (nSPS) is 12.6. The molecule has 1 aromatic carbocycles. The molecule has 3 nitrogen and oxygen atoms in total. The number of aromatic nitrogens is 2. The summed E-state index contributed by atoms with van der Waals surface area (Å²) in [5.74, 6) is -0.141. The minimum atomic E-state index is -0.141. The molecule has 2 rings (SSSR count). The van der Waals surface area contributed by atoms with E-state index in [1.165, 1.54) is 23.0 Å². The van der Waals surface area contributed by atoms with Crippen LogP contribution >= 0.6 is 11.8 Å². The van der Waals surface area contributed by atoms with E-state index in [1.54, 1.807) is 6.07 Å². The Balaban J connectivity index is 1.95. The summed E-state index contributed by atoms with van der Waals surface area (Å²) in [5.41, 5.74) is 4.58. The Bertz CT molecular complexity index is 652. The molecule has 2 aromatic rings. The van der Waals surface area contributed by atoms with Crippen LogP contribution in [0.1, 0.15) is 35.5 Å². The Kier molecular flexibility index (Phi) is 5.64. The lowest BCUT2D eigenvalue weighted by atomic mass is 10.1. The SMILES string of the molecule is CSc1ccc(C(C)NCCc2c(C)nn(C)c2C)cc1F. The number of aryl methyl sites for hydroxylation is 2. The Morgan fingerprint density at radius 1 is 1.36 bits per heavy atom. The van der Waals surface area contributed by atoms with Gasteiger partial charge in [0.2, 0.25) is 0 Å². The molecule has 22 heavy (non-hydrogen) atoms. The van der Waals surface area contributed by atoms with Gasteiger partial charge in [0.1, 0.15) is 5.82 Å². The molecular weight excluding hydrogens is 297 g/mol. The summed E-state index contributed by atoms with van der Waals surface area (Å²) in [7, 11) is 1.97. The lowest BCUT2D eigenvalue weighted by Gasteiger charge is -2.15. The molecule has 1 aromatic heterocycles. The van der Waals surface area contributed by atoms with Gasteiger partial charge in [-0.3, -0.25) is 4.68 Å². The first kappa shape index (κ1) is 17.0. The molecule has 0 amide bonds. The number of halogens is 1. The zero-order valence-corrected chi connectivity index (χ0v) is 14.7. The van der Waals surface area contributed by atoms with Gasteiger partial charge in [-0.05, 0) is 63.3 Å². The van der Waals surface area contributed by atoms with Crippen molar-refractivity contribution in [3.63, 3.8) is 0 Å². The largest absolute Gasteiger partial charge is 0.310 e. The second kappa shape index (κ2) is 7.29. The maximum atomic E-state index is 13.8. The molecule has 5 heteroatoms. The lowest BCUT2D eigenvalue weighted by molar-refractivity contribution is 0.559. The van der Waals surface area contributed by atoms with Crippen molar-refractivity contribution in [3.8, 4) is 0 Å². The number of hydrogen-bond acceptors (Lipinski definition) is 3. The standard InChI is InChI=1S/C17H24FN3S/c1-11(14-6-7-17(22-5)16(18)10-14)19-9-8-15-12(2)20-21(4)13(15)3/h6-7,10-11,19H,8-9H2,1-5H3. The third kappa shape index (κ3) is 3.70. The molecule has 0 aliphatic rings. The number of nitrogens with zero attached hydrogens (tertiary/aromatic N) is 2. The van der Waals surface area contributed by atoms with Crippen LogP contribution in [-0.2, 0) is 13.5 Å². The molecule has 120 valence electrons. The molecule has 0 radical (unpaired) electrons. The highest BCUT2D eigenvalue weighted by molar-refractivity contribution is 7.98. The zero-order valence-electron chi connectivity index (χ0n) is 13.9. The van der Waals surface area contributed by atoms with Crippen molar-refractivity contribution in [3.05, 3.63) is 46.5 Å². The van der Waals surface area contributed by atoms with Crippen molar-refractivity contribution in [1.29, 1.82) is 0 Å². The van der Waals surface area contributed by atoms with Gasteiger partial charge in [0.15, 0.2) is 0 Å². The zero-order chi connectivity index (χ0) is 16.3. The van der Waals surface area contributed by atoms with E-state index in [0.29, 0.717) is 4.90 Å². The van der Waals surface area contributed by atoms with Crippen molar-refractivity contribution >= 4 is 11.8 Å². The first-order valence-electron chi connectivity index (χ1n) is 7.50. The minimum absolute atomic E-state index is 0.127. The highest BCUT2D eigenvalue weighted by Crippen LogP contribution is 2.23. The molecular formula is C17H24FN3S. The van der Waals surface area contributed by atoms with Crippen molar-refractivity contribution in [1.82, 2.24) is 15.1 Å². The van der Waals surface area contributed by atoms with Crippen LogP contribution in [0.25, 0.3) is 0 Å². The Morgan fingerprint density at radius 3 is 2.64 bits per heavy atom. The van der Waals surface area contributed by atoms with Crippen molar-refractivity contribution in [2.75, 3.05) is 12.8 Å². The predicted molar refractivity (Wildman–Crippen MR) is 91.0 cm³/mol. The Morgan fingerprint density at radius 2 is 2.09 bits per heavy atom. The average Bonchev–Trinajstić information content (AvgIpc) is 2.73. The van der Waals surface area contributed by atoms with Crippen LogP contribution in [0.15, 0.2) is 23.1 Å². The minimum Gasteiger partial charge on any atom is -0.310 e. The number of thioether (sulfide) groups is 1. The smallest absolute Gasteiger partial charge is 0.137 e. The van der Waals surface area contributed by atoms with Crippen LogP contribution in [0.3, 0.4) is 0 Å². The monoisotopic (exact) mass is 321 g/mol. The molecule has 0 bridgehead atoms. The van der Waals surface area contributed by atoms with Crippen LogP contribution in [0.5, 0.6) is 0 Å². The number of hydrogen-bond donors (Lipinski definition) is 1. The van der Waals surface area contributed by atoms with E-state index >= 15 is 0 Å². The van der Waals surface area contributed by atoms with E-state index in [2.05, 4.69) is 24.3 Å². The summed E-state index contributed by atoms with van der Waals surface area (Å²) in [6.45, 7) is 7.05. The van der Waals surface area contributed by atoms with Gasteiger partial charge in [0, 0.05) is 23.7 Å². The fraction of sp³-hybridized carbons (Fsp3) is 0.471. The topological polar surface area (TPSA) is 29.9 Å². The van der Waals surface area contributed by atoms with Gasteiger partial charge >= 0.3 is 0 Å². The molecule has 0 fully saturated rings. The second-order valence-electron chi connectivity index (χ2n) is 5.59. The summed E-state index contributed by atoms with van der Waals surface area (Å²) in [6, 6.07) is 5.60. The number of nitrogens with one attached hydrogen (secondary N) is 1. The predicted octanol–water partition coefficient (Wildman–Crippen LogP) is 3.79. The molecule has 0 saturated carbocycles. The van der Waals surface area contributed by atoms with E-state index < -0.39 is 0 Å². The van der Waals surface area contributed by atoms with Crippen LogP contribution in [-0.4, -0.2) is 22.6 Å². The highest BCUT2D eigenvalue weighted by Gasteiger charge is 2.11. The van der Waals surface area contributed by atoms with Crippen molar-refractivity contribution in [2.24, 2.45) is 7.05 Å². The number of benzene rings is 1. The summed E-state index contributed by atoms with van der Waals surface area (Å²) in [5, 5.41) is 7.90. The summed E-state index contributed by atoms with van der Waals surface area (Å²) < 4.78 is 15.8. The number of rotatable bonds is 6. The Hall–Kier alpha value is -1.33. The van der Waals surface area contributed by atoms with Crippen LogP contribution in [0.2, 0.25) is 0 Å². The third-order valence-corrected chi connectivity index (χ3v) is 4.93. The quantitative estimate of drug-likeness (QED) is 0.821. The summed E-state index contributed by atoms with van der Waals surface area (Å²) in [6.07, 6.45) is 2.82. The van der Waals surface area contributed by atoms with E-state index in [0.717, 1.165) is 24.2 Å². The molecule has 1 heterocycles. The van der Waals surface area contributed by atoms with E-state index in [9.17, 15) is 4.39 Å². The van der Waals surface area contributed by atoms with Gasteiger partial charge in [-0.25, -0.2) is 4.39 Å². The molecule has 1 unspecified atom stereocenters.